The summed E-state index contributed by atoms with van der Waals surface area (Å²) in [5.74, 6) is 2.88. The van der Waals surface area contributed by atoms with Crippen LogP contribution < -0.4 is 18.9 Å². The van der Waals surface area contributed by atoms with Crippen LogP contribution in [0.3, 0.4) is 0 Å². The van der Waals surface area contributed by atoms with Gasteiger partial charge < -0.3 is 18.9 Å². The smallest absolute Gasteiger partial charge is 0.132 e. The maximum absolute atomic E-state index is 5.70. The zero-order valence-electron chi connectivity index (χ0n) is 19.6. The molecule has 0 unspecified atom stereocenters. The van der Waals surface area contributed by atoms with Gasteiger partial charge in [-0.05, 0) is 48.4 Å². The van der Waals surface area contributed by atoms with Gasteiger partial charge in [-0.25, -0.2) is 0 Å². The van der Waals surface area contributed by atoms with E-state index in [1.54, 1.807) is 28.4 Å². The standard InChI is InChI=1S/C27H28N2O4/c1-18-8-6-7-9-19(18)17-29-25(23-13-11-21(31-3)15-27(23)33-5)16-24(28-29)22-12-10-20(30-2)14-26(22)32-4/h6-16H,17H2,1-5H3. The molecule has 33 heavy (non-hydrogen) atoms. The summed E-state index contributed by atoms with van der Waals surface area (Å²) in [5, 5.41) is 4.98. The first-order valence-electron chi connectivity index (χ1n) is 10.6. The third kappa shape index (κ3) is 4.51. The number of rotatable bonds is 8. The highest BCUT2D eigenvalue weighted by molar-refractivity contribution is 5.76. The van der Waals surface area contributed by atoms with Crippen LogP contribution in [0.15, 0.2) is 66.7 Å². The summed E-state index contributed by atoms with van der Waals surface area (Å²) in [6.07, 6.45) is 0. The molecular weight excluding hydrogens is 416 g/mol. The Morgan fingerprint density at radius 3 is 1.91 bits per heavy atom. The summed E-state index contributed by atoms with van der Waals surface area (Å²) in [4.78, 5) is 0. The monoisotopic (exact) mass is 444 g/mol. The molecule has 3 aromatic carbocycles. The van der Waals surface area contributed by atoms with Crippen molar-refractivity contribution in [3.05, 3.63) is 77.9 Å². The van der Waals surface area contributed by atoms with Gasteiger partial charge in [-0.1, -0.05) is 24.3 Å². The highest BCUT2D eigenvalue weighted by atomic mass is 16.5. The number of methoxy groups -OCH3 is 4. The molecule has 6 nitrogen and oxygen atoms in total. The van der Waals surface area contributed by atoms with Gasteiger partial charge in [-0.15, -0.1) is 0 Å². The fourth-order valence-corrected chi connectivity index (χ4v) is 3.85. The van der Waals surface area contributed by atoms with Crippen LogP contribution in [0, 0.1) is 6.92 Å². The number of hydrogen-bond acceptors (Lipinski definition) is 5. The first-order chi connectivity index (χ1) is 16.1. The van der Waals surface area contributed by atoms with Gasteiger partial charge in [0.25, 0.3) is 0 Å². The molecule has 0 atom stereocenters. The van der Waals surface area contributed by atoms with Crippen molar-refractivity contribution in [2.45, 2.75) is 13.5 Å². The van der Waals surface area contributed by atoms with E-state index in [1.165, 1.54) is 11.1 Å². The van der Waals surface area contributed by atoms with Crippen LogP contribution in [0.5, 0.6) is 23.0 Å². The number of aromatic nitrogens is 2. The third-order valence-corrected chi connectivity index (χ3v) is 5.73. The predicted octanol–water partition coefficient (Wildman–Crippen LogP) is 5.61. The minimum absolute atomic E-state index is 0.621. The van der Waals surface area contributed by atoms with Crippen LogP contribution in [0.1, 0.15) is 11.1 Å². The second-order valence-electron chi connectivity index (χ2n) is 7.63. The average Bonchev–Trinajstić information content (AvgIpc) is 3.27. The van der Waals surface area contributed by atoms with Crippen molar-refractivity contribution in [2.75, 3.05) is 28.4 Å². The first-order valence-corrected chi connectivity index (χ1v) is 10.6. The lowest BCUT2D eigenvalue weighted by Crippen LogP contribution is -2.06. The Bertz CT molecular complexity index is 1260. The summed E-state index contributed by atoms with van der Waals surface area (Å²) < 4.78 is 24.1. The molecule has 0 fully saturated rings. The van der Waals surface area contributed by atoms with Crippen LogP contribution in [0.4, 0.5) is 0 Å². The predicted molar refractivity (Wildman–Crippen MR) is 130 cm³/mol. The minimum atomic E-state index is 0.621. The Labute approximate surface area is 194 Å². The van der Waals surface area contributed by atoms with E-state index in [9.17, 15) is 0 Å². The average molecular weight is 445 g/mol. The van der Waals surface area contributed by atoms with Gasteiger partial charge in [0.1, 0.15) is 23.0 Å². The van der Waals surface area contributed by atoms with Gasteiger partial charge in [0.05, 0.1) is 46.4 Å². The topological polar surface area (TPSA) is 54.7 Å². The molecular formula is C27H28N2O4. The van der Waals surface area contributed by atoms with E-state index in [-0.39, 0.29) is 0 Å². The first kappa shape index (κ1) is 22.3. The van der Waals surface area contributed by atoms with E-state index in [4.69, 9.17) is 24.0 Å². The maximum Gasteiger partial charge on any atom is 0.132 e. The molecule has 4 rings (SSSR count). The minimum Gasteiger partial charge on any atom is -0.497 e. The van der Waals surface area contributed by atoms with Gasteiger partial charge in [-0.3, -0.25) is 4.68 Å². The Hall–Kier alpha value is -3.93. The number of hydrogen-bond donors (Lipinski definition) is 0. The summed E-state index contributed by atoms with van der Waals surface area (Å²) in [5.41, 5.74) is 5.96. The van der Waals surface area contributed by atoms with Crippen LogP contribution in [0.2, 0.25) is 0 Å². The van der Waals surface area contributed by atoms with Crippen LogP contribution >= 0.6 is 0 Å². The lowest BCUT2D eigenvalue weighted by molar-refractivity contribution is 0.395. The fourth-order valence-electron chi connectivity index (χ4n) is 3.85. The Morgan fingerprint density at radius 1 is 0.697 bits per heavy atom. The maximum atomic E-state index is 5.70. The van der Waals surface area contributed by atoms with Crippen molar-refractivity contribution in [3.8, 4) is 45.5 Å². The zero-order chi connectivity index (χ0) is 23.4. The second kappa shape index (κ2) is 9.69. The molecule has 0 spiro atoms. The molecule has 0 aliphatic rings. The van der Waals surface area contributed by atoms with Crippen molar-refractivity contribution in [3.63, 3.8) is 0 Å². The molecule has 1 heterocycles. The van der Waals surface area contributed by atoms with Crippen molar-refractivity contribution in [1.82, 2.24) is 9.78 Å². The largest absolute Gasteiger partial charge is 0.497 e. The highest BCUT2D eigenvalue weighted by Gasteiger charge is 2.19. The normalized spacial score (nSPS) is 10.7. The summed E-state index contributed by atoms with van der Waals surface area (Å²) >= 11 is 0. The van der Waals surface area contributed by atoms with Crippen molar-refractivity contribution >= 4 is 0 Å². The van der Waals surface area contributed by atoms with Crippen molar-refractivity contribution in [2.24, 2.45) is 0 Å². The molecule has 1 aromatic heterocycles. The molecule has 0 bridgehead atoms. The van der Waals surface area contributed by atoms with Crippen molar-refractivity contribution in [1.29, 1.82) is 0 Å². The number of aryl methyl sites for hydroxylation is 1. The van der Waals surface area contributed by atoms with Crippen LogP contribution in [0.25, 0.3) is 22.5 Å². The van der Waals surface area contributed by atoms with Gasteiger partial charge in [0.2, 0.25) is 0 Å². The van der Waals surface area contributed by atoms with Crippen LogP contribution in [-0.2, 0) is 6.54 Å². The van der Waals surface area contributed by atoms with Gasteiger partial charge in [0.15, 0.2) is 0 Å². The number of benzene rings is 3. The van der Waals surface area contributed by atoms with Gasteiger partial charge in [-0.2, -0.15) is 5.10 Å². The van der Waals surface area contributed by atoms with E-state index < -0.39 is 0 Å². The summed E-state index contributed by atoms with van der Waals surface area (Å²) in [6, 6.07) is 21.9. The molecule has 0 radical (unpaired) electrons. The molecule has 0 amide bonds. The zero-order valence-corrected chi connectivity index (χ0v) is 19.6. The molecule has 6 heteroatoms. The van der Waals surface area contributed by atoms with Gasteiger partial charge >= 0.3 is 0 Å². The van der Waals surface area contributed by atoms with Gasteiger partial charge in [0, 0.05) is 23.3 Å². The Kier molecular flexibility index (Phi) is 6.54. The van der Waals surface area contributed by atoms with Crippen molar-refractivity contribution < 1.29 is 18.9 Å². The second-order valence-corrected chi connectivity index (χ2v) is 7.63. The summed E-state index contributed by atoms with van der Waals surface area (Å²) in [7, 11) is 6.59. The Balaban J connectivity index is 1.89. The highest BCUT2D eigenvalue weighted by Crippen LogP contribution is 2.38. The molecule has 0 saturated carbocycles. The van der Waals surface area contributed by atoms with E-state index in [2.05, 4.69) is 25.1 Å². The third-order valence-electron chi connectivity index (χ3n) is 5.73. The van der Waals surface area contributed by atoms with E-state index in [0.29, 0.717) is 18.0 Å². The molecule has 0 saturated heterocycles. The van der Waals surface area contributed by atoms with E-state index >= 15 is 0 Å². The number of ether oxygens (including phenoxy) is 4. The van der Waals surface area contributed by atoms with Crippen LogP contribution in [-0.4, -0.2) is 38.2 Å². The Morgan fingerprint density at radius 2 is 1.30 bits per heavy atom. The fraction of sp³-hybridized carbons (Fsp3) is 0.222. The molecule has 4 aromatic rings. The molecule has 0 N–H and O–H groups in total. The van der Waals surface area contributed by atoms with E-state index in [1.807, 2.05) is 53.2 Å². The molecule has 0 aliphatic heterocycles. The molecule has 0 aliphatic carbocycles. The molecule has 170 valence electrons. The SMILES string of the molecule is COc1ccc(-c2cc(-c3ccc(OC)cc3OC)n(Cc3ccccc3C)n2)c(OC)c1. The number of nitrogens with zero attached hydrogens (tertiary/aromatic N) is 2. The quantitative estimate of drug-likeness (QED) is 0.354. The lowest BCUT2D eigenvalue weighted by atomic mass is 10.1. The summed E-state index contributed by atoms with van der Waals surface area (Å²) in [6.45, 7) is 2.73. The lowest BCUT2D eigenvalue weighted by Gasteiger charge is -2.13. The van der Waals surface area contributed by atoms with E-state index in [0.717, 1.165) is 34.0 Å².